The topological polar surface area (TPSA) is 39.4 Å². The SMILES string of the molecule is Cc1ccc(C2C=C(c3ccccc3)OC(=O)C2)o1. The molecule has 0 radical (unpaired) electrons. The van der Waals surface area contributed by atoms with Crippen LogP contribution >= 0.6 is 0 Å². The molecule has 1 unspecified atom stereocenters. The minimum Gasteiger partial charge on any atom is -0.466 e. The number of benzene rings is 1. The second-order valence-electron chi connectivity index (χ2n) is 4.63. The van der Waals surface area contributed by atoms with Crippen molar-refractivity contribution in [3.8, 4) is 0 Å². The average molecular weight is 254 g/mol. The molecule has 1 aromatic carbocycles. The monoisotopic (exact) mass is 254 g/mol. The van der Waals surface area contributed by atoms with Crippen LogP contribution in [-0.2, 0) is 9.53 Å². The zero-order chi connectivity index (χ0) is 13.2. The van der Waals surface area contributed by atoms with Gasteiger partial charge in [0.15, 0.2) is 0 Å². The van der Waals surface area contributed by atoms with Crippen LogP contribution in [0.15, 0.2) is 53.0 Å². The average Bonchev–Trinajstić information content (AvgIpc) is 2.86. The van der Waals surface area contributed by atoms with E-state index in [2.05, 4.69) is 0 Å². The van der Waals surface area contributed by atoms with Crippen LogP contribution in [-0.4, -0.2) is 5.97 Å². The fourth-order valence-electron chi connectivity index (χ4n) is 2.21. The molecule has 0 saturated carbocycles. The van der Waals surface area contributed by atoms with E-state index >= 15 is 0 Å². The summed E-state index contributed by atoms with van der Waals surface area (Å²) in [6.07, 6.45) is 2.28. The number of allylic oxidation sites excluding steroid dienone is 1. The van der Waals surface area contributed by atoms with E-state index in [0.717, 1.165) is 17.1 Å². The van der Waals surface area contributed by atoms with Crippen LogP contribution in [0.5, 0.6) is 0 Å². The van der Waals surface area contributed by atoms with Crippen molar-refractivity contribution in [2.75, 3.05) is 0 Å². The number of hydrogen-bond donors (Lipinski definition) is 0. The number of ether oxygens (including phenoxy) is 1. The minimum absolute atomic E-state index is 0.0508. The Labute approximate surface area is 111 Å². The van der Waals surface area contributed by atoms with Gasteiger partial charge in [-0.25, -0.2) is 0 Å². The summed E-state index contributed by atoms with van der Waals surface area (Å²) in [5.74, 6) is 1.99. The van der Waals surface area contributed by atoms with Crippen LogP contribution in [0.1, 0.15) is 29.4 Å². The van der Waals surface area contributed by atoms with Gasteiger partial charge < -0.3 is 9.15 Å². The summed E-state index contributed by atoms with van der Waals surface area (Å²) in [5, 5.41) is 0. The molecular weight excluding hydrogens is 240 g/mol. The first-order chi connectivity index (χ1) is 9.22. The maximum atomic E-state index is 11.7. The Morgan fingerprint density at radius 1 is 1.11 bits per heavy atom. The molecule has 2 heterocycles. The second-order valence-corrected chi connectivity index (χ2v) is 4.63. The Morgan fingerprint density at radius 2 is 1.89 bits per heavy atom. The van der Waals surface area contributed by atoms with E-state index in [9.17, 15) is 4.79 Å². The summed E-state index contributed by atoms with van der Waals surface area (Å²) < 4.78 is 10.9. The van der Waals surface area contributed by atoms with E-state index in [4.69, 9.17) is 9.15 Å². The smallest absolute Gasteiger partial charge is 0.312 e. The Kier molecular flexibility index (Phi) is 2.95. The lowest BCUT2D eigenvalue weighted by atomic mass is 9.97. The van der Waals surface area contributed by atoms with Crippen LogP contribution in [0.3, 0.4) is 0 Å². The molecule has 1 aromatic heterocycles. The van der Waals surface area contributed by atoms with Crippen LogP contribution < -0.4 is 0 Å². The molecule has 0 amide bonds. The number of carbonyl (C=O) groups is 1. The number of furan rings is 1. The molecule has 96 valence electrons. The van der Waals surface area contributed by atoms with Crippen molar-refractivity contribution >= 4 is 11.7 Å². The Morgan fingerprint density at radius 3 is 2.58 bits per heavy atom. The normalized spacial score (nSPS) is 18.9. The first-order valence-corrected chi connectivity index (χ1v) is 6.26. The Bertz CT molecular complexity index is 622. The van der Waals surface area contributed by atoms with Crippen molar-refractivity contribution < 1.29 is 13.9 Å². The van der Waals surface area contributed by atoms with Gasteiger partial charge in [0.1, 0.15) is 17.3 Å². The van der Waals surface area contributed by atoms with Crippen molar-refractivity contribution in [1.82, 2.24) is 0 Å². The molecular formula is C16H14O3. The summed E-state index contributed by atoms with van der Waals surface area (Å²) in [6, 6.07) is 13.4. The van der Waals surface area contributed by atoms with Crippen molar-refractivity contribution in [2.45, 2.75) is 19.3 Å². The molecule has 0 saturated heterocycles. The molecule has 0 fully saturated rings. The van der Waals surface area contributed by atoms with Gasteiger partial charge in [0.2, 0.25) is 0 Å². The first kappa shape index (κ1) is 11.8. The molecule has 0 N–H and O–H groups in total. The van der Waals surface area contributed by atoms with Gasteiger partial charge >= 0.3 is 5.97 Å². The largest absolute Gasteiger partial charge is 0.466 e. The van der Waals surface area contributed by atoms with E-state index in [1.54, 1.807) is 0 Å². The van der Waals surface area contributed by atoms with Gasteiger partial charge in [0.05, 0.1) is 6.42 Å². The number of aryl methyl sites for hydroxylation is 1. The molecule has 3 rings (SSSR count). The molecule has 3 nitrogen and oxygen atoms in total. The highest BCUT2D eigenvalue weighted by atomic mass is 16.5. The molecule has 0 aliphatic carbocycles. The van der Waals surface area contributed by atoms with Gasteiger partial charge in [-0.3, -0.25) is 4.79 Å². The Balaban J connectivity index is 1.96. The molecule has 3 heteroatoms. The molecule has 1 aliphatic heterocycles. The fourth-order valence-corrected chi connectivity index (χ4v) is 2.21. The molecule has 0 spiro atoms. The van der Waals surface area contributed by atoms with Crippen LogP contribution in [0.25, 0.3) is 5.76 Å². The lowest BCUT2D eigenvalue weighted by Crippen LogP contribution is -2.14. The van der Waals surface area contributed by atoms with Crippen molar-refractivity contribution in [3.63, 3.8) is 0 Å². The third kappa shape index (κ3) is 2.45. The third-order valence-corrected chi connectivity index (χ3v) is 3.15. The molecule has 1 aliphatic rings. The summed E-state index contributed by atoms with van der Waals surface area (Å²) in [5.41, 5.74) is 0.906. The van der Waals surface area contributed by atoms with Gasteiger partial charge in [-0.05, 0) is 25.1 Å². The quantitative estimate of drug-likeness (QED) is 0.768. The van der Waals surface area contributed by atoms with Crippen LogP contribution in [0.4, 0.5) is 0 Å². The molecule has 19 heavy (non-hydrogen) atoms. The van der Waals surface area contributed by atoms with Crippen molar-refractivity contribution in [2.24, 2.45) is 0 Å². The van der Waals surface area contributed by atoms with E-state index in [1.165, 1.54) is 0 Å². The number of cyclic esters (lactones) is 1. The molecule has 0 bridgehead atoms. The van der Waals surface area contributed by atoms with Gasteiger partial charge in [0.25, 0.3) is 0 Å². The van der Waals surface area contributed by atoms with E-state index in [1.807, 2.05) is 55.5 Å². The number of rotatable bonds is 2. The fraction of sp³-hybridized carbons (Fsp3) is 0.188. The lowest BCUT2D eigenvalue weighted by molar-refractivity contribution is -0.137. The summed E-state index contributed by atoms with van der Waals surface area (Å²) in [4.78, 5) is 11.7. The zero-order valence-corrected chi connectivity index (χ0v) is 10.6. The summed E-state index contributed by atoms with van der Waals surface area (Å²) >= 11 is 0. The molecule has 1 atom stereocenters. The van der Waals surface area contributed by atoms with E-state index < -0.39 is 0 Å². The van der Waals surface area contributed by atoms with Crippen LogP contribution in [0, 0.1) is 6.92 Å². The van der Waals surface area contributed by atoms with Gasteiger partial charge in [-0.1, -0.05) is 30.3 Å². The van der Waals surface area contributed by atoms with Gasteiger partial charge in [-0.2, -0.15) is 0 Å². The van der Waals surface area contributed by atoms with Gasteiger partial charge in [-0.15, -0.1) is 0 Å². The number of carbonyl (C=O) groups excluding carboxylic acids is 1. The third-order valence-electron chi connectivity index (χ3n) is 3.15. The Hall–Kier alpha value is -2.29. The highest BCUT2D eigenvalue weighted by Gasteiger charge is 2.25. The first-order valence-electron chi connectivity index (χ1n) is 6.26. The summed E-state index contributed by atoms with van der Waals surface area (Å²) in [7, 11) is 0. The highest BCUT2D eigenvalue weighted by Crippen LogP contribution is 2.32. The summed E-state index contributed by atoms with van der Waals surface area (Å²) in [6.45, 7) is 1.90. The molecule has 2 aromatic rings. The minimum atomic E-state index is -0.222. The second kappa shape index (κ2) is 4.76. The predicted octanol–water partition coefficient (Wildman–Crippen LogP) is 3.66. The van der Waals surface area contributed by atoms with Crippen molar-refractivity contribution in [1.29, 1.82) is 0 Å². The number of esters is 1. The predicted molar refractivity (Wildman–Crippen MR) is 71.3 cm³/mol. The number of hydrogen-bond acceptors (Lipinski definition) is 3. The highest BCUT2D eigenvalue weighted by molar-refractivity contribution is 5.82. The maximum absolute atomic E-state index is 11.7. The lowest BCUT2D eigenvalue weighted by Gasteiger charge is -2.19. The zero-order valence-electron chi connectivity index (χ0n) is 10.6. The maximum Gasteiger partial charge on any atom is 0.312 e. The van der Waals surface area contributed by atoms with Crippen LogP contribution in [0.2, 0.25) is 0 Å². The standard InChI is InChI=1S/C16H14O3/c1-11-7-8-14(18-11)13-9-15(19-16(17)10-13)12-5-3-2-4-6-12/h2-9,13H,10H2,1H3. The van der Waals surface area contributed by atoms with Gasteiger partial charge in [0, 0.05) is 11.5 Å². The van der Waals surface area contributed by atoms with E-state index in [-0.39, 0.29) is 11.9 Å². The van der Waals surface area contributed by atoms with Crippen molar-refractivity contribution in [3.05, 3.63) is 65.6 Å². The van der Waals surface area contributed by atoms with E-state index in [0.29, 0.717) is 12.2 Å².